The first kappa shape index (κ1) is 20.9. The highest BCUT2D eigenvalue weighted by Crippen LogP contribution is 2.18. The van der Waals surface area contributed by atoms with E-state index >= 15 is 0 Å². The van der Waals surface area contributed by atoms with Crippen molar-refractivity contribution in [1.29, 1.82) is 0 Å². The van der Waals surface area contributed by atoms with Crippen LogP contribution in [-0.2, 0) is 13.0 Å². The Morgan fingerprint density at radius 3 is 2.04 bits per heavy atom. The van der Waals surface area contributed by atoms with Crippen LogP contribution in [0.2, 0.25) is 0 Å². The molecular formula is C24H31FN2. The normalized spacial score (nSPS) is 10.7. The van der Waals surface area contributed by atoms with Crippen LogP contribution in [0.25, 0.3) is 0 Å². The van der Waals surface area contributed by atoms with Gasteiger partial charge in [-0.05, 0) is 62.4 Å². The molecule has 3 aromatic rings. The number of aryl methyl sites for hydroxylation is 3. The number of nitrogens with zero attached hydrogens (tertiary/aromatic N) is 2. The van der Waals surface area contributed by atoms with Crippen LogP contribution in [0.5, 0.6) is 0 Å². The van der Waals surface area contributed by atoms with Crippen LogP contribution in [0.15, 0.2) is 48.5 Å². The number of benzene rings is 2. The first-order chi connectivity index (χ1) is 12.8. The third-order valence-electron chi connectivity index (χ3n) is 4.48. The summed E-state index contributed by atoms with van der Waals surface area (Å²) < 4.78 is 14.6. The van der Waals surface area contributed by atoms with Crippen molar-refractivity contribution in [2.75, 3.05) is 0 Å². The van der Waals surface area contributed by atoms with Crippen molar-refractivity contribution in [2.45, 2.75) is 54.5 Å². The van der Waals surface area contributed by atoms with Crippen LogP contribution in [0.3, 0.4) is 0 Å². The lowest BCUT2D eigenvalue weighted by Crippen LogP contribution is -2.08. The fourth-order valence-corrected chi connectivity index (χ4v) is 3.23. The molecule has 144 valence electrons. The Balaban J connectivity index is 0.000000244. The van der Waals surface area contributed by atoms with Crippen LogP contribution >= 0.6 is 0 Å². The van der Waals surface area contributed by atoms with E-state index in [0.717, 1.165) is 29.8 Å². The molecule has 1 aromatic heterocycles. The molecule has 0 radical (unpaired) electrons. The molecule has 0 aliphatic heterocycles. The van der Waals surface area contributed by atoms with Crippen molar-refractivity contribution in [3.8, 4) is 0 Å². The highest BCUT2D eigenvalue weighted by atomic mass is 19.1. The number of hydrogen-bond donors (Lipinski definition) is 0. The SMILES string of the molecule is Cc1cc(C)cc(F)c1.Cc1nn(CC(C)C)c(C)c1Cc1ccccc1. The third kappa shape index (κ3) is 6.35. The van der Waals surface area contributed by atoms with Crippen LogP contribution in [0.1, 0.15) is 47.5 Å². The lowest BCUT2D eigenvalue weighted by molar-refractivity contribution is 0.472. The predicted octanol–water partition coefficient (Wildman–Crippen LogP) is 6.19. The summed E-state index contributed by atoms with van der Waals surface area (Å²) in [6.45, 7) is 13.5. The maximum Gasteiger partial charge on any atom is 0.123 e. The van der Waals surface area contributed by atoms with Crippen molar-refractivity contribution in [3.05, 3.63) is 88.0 Å². The minimum atomic E-state index is -0.146. The van der Waals surface area contributed by atoms with Crippen LogP contribution in [0, 0.1) is 39.4 Å². The zero-order valence-electron chi connectivity index (χ0n) is 17.4. The molecule has 0 fully saturated rings. The van der Waals surface area contributed by atoms with Crippen molar-refractivity contribution in [3.63, 3.8) is 0 Å². The van der Waals surface area contributed by atoms with E-state index in [2.05, 4.69) is 67.8 Å². The van der Waals surface area contributed by atoms with Gasteiger partial charge in [-0.25, -0.2) is 4.39 Å². The van der Waals surface area contributed by atoms with Gasteiger partial charge in [-0.2, -0.15) is 5.10 Å². The molecule has 0 saturated heterocycles. The van der Waals surface area contributed by atoms with Gasteiger partial charge in [0.1, 0.15) is 5.82 Å². The molecule has 0 saturated carbocycles. The maximum atomic E-state index is 12.4. The predicted molar refractivity (Wildman–Crippen MR) is 112 cm³/mol. The highest BCUT2D eigenvalue weighted by molar-refractivity contribution is 5.31. The van der Waals surface area contributed by atoms with E-state index in [-0.39, 0.29) is 5.82 Å². The zero-order chi connectivity index (χ0) is 20.0. The Morgan fingerprint density at radius 1 is 0.926 bits per heavy atom. The van der Waals surface area contributed by atoms with E-state index in [1.54, 1.807) is 0 Å². The number of rotatable bonds is 4. The molecule has 0 aliphatic rings. The molecule has 0 atom stereocenters. The molecule has 2 nitrogen and oxygen atoms in total. The lowest BCUT2D eigenvalue weighted by Gasteiger charge is -2.08. The van der Waals surface area contributed by atoms with E-state index in [4.69, 9.17) is 0 Å². The average Bonchev–Trinajstić information content (AvgIpc) is 2.82. The van der Waals surface area contributed by atoms with Crippen molar-refractivity contribution in [1.82, 2.24) is 9.78 Å². The van der Waals surface area contributed by atoms with Gasteiger partial charge in [0.2, 0.25) is 0 Å². The van der Waals surface area contributed by atoms with E-state index in [1.165, 1.54) is 29.0 Å². The van der Waals surface area contributed by atoms with Crippen LogP contribution < -0.4 is 0 Å². The van der Waals surface area contributed by atoms with E-state index < -0.39 is 0 Å². The van der Waals surface area contributed by atoms with Gasteiger partial charge in [-0.15, -0.1) is 0 Å². The maximum absolute atomic E-state index is 12.4. The summed E-state index contributed by atoms with van der Waals surface area (Å²) in [5.41, 5.74) is 7.16. The summed E-state index contributed by atoms with van der Waals surface area (Å²) in [7, 11) is 0. The molecule has 2 aromatic carbocycles. The van der Waals surface area contributed by atoms with Gasteiger partial charge in [0.25, 0.3) is 0 Å². The molecule has 27 heavy (non-hydrogen) atoms. The minimum absolute atomic E-state index is 0.146. The second-order valence-electron chi connectivity index (χ2n) is 7.69. The van der Waals surface area contributed by atoms with E-state index in [0.29, 0.717) is 5.92 Å². The standard InChI is InChI=1S/C16H22N2.C8H9F/c1-12(2)11-18-14(4)16(13(3)17-18)10-15-8-6-5-7-9-15;1-6-3-7(2)5-8(9)4-6/h5-9,12H,10-11H2,1-4H3;3-5H,1-2H3. The minimum Gasteiger partial charge on any atom is -0.269 e. The van der Waals surface area contributed by atoms with Crippen molar-refractivity contribution >= 4 is 0 Å². The van der Waals surface area contributed by atoms with E-state index in [1.807, 2.05) is 19.9 Å². The molecule has 1 heterocycles. The molecule has 0 unspecified atom stereocenters. The Labute approximate surface area is 163 Å². The summed E-state index contributed by atoms with van der Waals surface area (Å²) >= 11 is 0. The van der Waals surface area contributed by atoms with Gasteiger partial charge in [0, 0.05) is 24.2 Å². The lowest BCUT2D eigenvalue weighted by atomic mass is 10.0. The summed E-state index contributed by atoms with van der Waals surface area (Å²) in [6, 6.07) is 15.6. The molecule has 0 N–H and O–H groups in total. The van der Waals surface area contributed by atoms with Gasteiger partial charge >= 0.3 is 0 Å². The second-order valence-corrected chi connectivity index (χ2v) is 7.69. The van der Waals surface area contributed by atoms with Gasteiger partial charge < -0.3 is 0 Å². The van der Waals surface area contributed by atoms with E-state index in [9.17, 15) is 4.39 Å². The molecule has 0 aliphatic carbocycles. The summed E-state index contributed by atoms with van der Waals surface area (Å²) in [5, 5.41) is 4.66. The molecule has 3 heteroatoms. The quantitative estimate of drug-likeness (QED) is 0.538. The summed E-state index contributed by atoms with van der Waals surface area (Å²) in [5.74, 6) is 0.486. The molecular weight excluding hydrogens is 335 g/mol. The topological polar surface area (TPSA) is 17.8 Å². The fourth-order valence-electron chi connectivity index (χ4n) is 3.23. The number of hydrogen-bond acceptors (Lipinski definition) is 1. The Kier molecular flexibility index (Phi) is 7.35. The fraction of sp³-hybridized carbons (Fsp3) is 0.375. The largest absolute Gasteiger partial charge is 0.269 e. The number of halogens is 1. The van der Waals surface area contributed by atoms with Gasteiger partial charge in [0.15, 0.2) is 0 Å². The Bertz CT molecular complexity index is 813. The van der Waals surface area contributed by atoms with Crippen LogP contribution in [-0.4, -0.2) is 9.78 Å². The monoisotopic (exact) mass is 366 g/mol. The van der Waals surface area contributed by atoms with Gasteiger partial charge in [0.05, 0.1) is 5.69 Å². The molecule has 0 spiro atoms. The van der Waals surface area contributed by atoms with Crippen molar-refractivity contribution < 1.29 is 4.39 Å². The Hall–Kier alpha value is -2.42. The average molecular weight is 367 g/mol. The Morgan fingerprint density at radius 2 is 1.52 bits per heavy atom. The summed E-state index contributed by atoms with van der Waals surface area (Å²) in [6.07, 6.45) is 0.983. The summed E-state index contributed by atoms with van der Waals surface area (Å²) in [4.78, 5) is 0. The number of aromatic nitrogens is 2. The molecule has 0 amide bonds. The van der Waals surface area contributed by atoms with Gasteiger partial charge in [-0.1, -0.05) is 50.2 Å². The van der Waals surface area contributed by atoms with Crippen molar-refractivity contribution in [2.24, 2.45) is 5.92 Å². The second kappa shape index (κ2) is 9.50. The van der Waals surface area contributed by atoms with Crippen LogP contribution in [0.4, 0.5) is 4.39 Å². The zero-order valence-corrected chi connectivity index (χ0v) is 17.4. The smallest absolute Gasteiger partial charge is 0.123 e. The first-order valence-electron chi connectivity index (χ1n) is 9.57. The molecule has 0 bridgehead atoms. The molecule has 3 rings (SSSR count). The highest BCUT2D eigenvalue weighted by Gasteiger charge is 2.12. The van der Waals surface area contributed by atoms with Gasteiger partial charge in [-0.3, -0.25) is 4.68 Å². The first-order valence-corrected chi connectivity index (χ1v) is 9.57. The third-order valence-corrected chi connectivity index (χ3v) is 4.48.